The largest absolute Gasteiger partial charge is 0.432 e. The molecule has 0 aromatic rings. The molecule has 0 aromatic carbocycles. The van der Waals surface area contributed by atoms with Crippen molar-refractivity contribution in [1.82, 2.24) is 0 Å². The van der Waals surface area contributed by atoms with E-state index in [1.807, 2.05) is 13.8 Å². The summed E-state index contributed by atoms with van der Waals surface area (Å²) in [6, 6.07) is 0. The zero-order valence-electron chi connectivity index (χ0n) is 38.1. The molecule has 22 nitrogen and oxygen atoms in total. The number of carbonyl (C=O) groups excluding carboxylic acids is 1. The standard InChI is InChI=1S/C45H72O22/c1-18(2)45(12-19-11-44-8-5-7-43(4,26(44)6-9-42(3,17-45)36(19)44)41(59)66-39-33(58)31(56)28(53)24(15-48)62-39)67-40-35(65-37-21(51)10-20(50)22(13-46)60-37)34(29(54)25(16-49)63-40)64-38-32(57)30(55)27(52)23(14-47)61-38/h19-40,46-58H,1,5-17H2,2-4H3/t19?,20?,21?,22?,23?,24?,25?,26-,27?,28?,29?,30?,31?,32?,33?,34?,35?,36-,37?,38?,39?,40?,42+,43-,44+,45+/m1/s1. The Hall–Kier alpha value is -1.59. The molecule has 8 aliphatic rings. The van der Waals surface area contributed by atoms with Crippen LogP contribution in [0.15, 0.2) is 12.2 Å². The van der Waals surface area contributed by atoms with Crippen LogP contribution < -0.4 is 0 Å². The summed E-state index contributed by atoms with van der Waals surface area (Å²) >= 11 is 0. The first-order valence-electron chi connectivity index (χ1n) is 23.7. The van der Waals surface area contributed by atoms with Crippen LogP contribution in [-0.4, -0.2) is 221 Å². The Labute approximate surface area is 387 Å². The van der Waals surface area contributed by atoms with Crippen molar-refractivity contribution in [1.29, 1.82) is 0 Å². The van der Waals surface area contributed by atoms with Crippen LogP contribution in [0.4, 0.5) is 0 Å². The van der Waals surface area contributed by atoms with Gasteiger partial charge in [0.1, 0.15) is 85.5 Å². The summed E-state index contributed by atoms with van der Waals surface area (Å²) in [6.07, 6.45) is -25.6. The lowest BCUT2D eigenvalue weighted by Gasteiger charge is -2.75. The second-order valence-electron chi connectivity index (χ2n) is 21.3. The molecular formula is C45H72O22. The number of carbonyl (C=O) groups is 1. The highest BCUT2D eigenvalue weighted by Crippen LogP contribution is 2.78. The van der Waals surface area contributed by atoms with Gasteiger partial charge in [-0.1, -0.05) is 19.9 Å². The molecule has 13 N–H and O–H groups in total. The SMILES string of the molecule is C=C(C)[C@]1(OC2OC(CO)C(O)C(OC3OC(CO)C(O)C(O)C3O)C2OC2OC(CO)C(O)CC2O)CC2C[C@@]34CCC[C@@](C)(C(=O)OC5OC(CO)C(O)C(O)C5O)[C@H]3CC[C@@](C)(C1)[C@@H]24. The summed E-state index contributed by atoms with van der Waals surface area (Å²) < 4.78 is 48.8. The Morgan fingerprint density at radius 3 is 1.79 bits per heavy atom. The van der Waals surface area contributed by atoms with Gasteiger partial charge in [-0.15, -0.1) is 0 Å². The van der Waals surface area contributed by atoms with Gasteiger partial charge in [0.2, 0.25) is 6.29 Å². The average Bonchev–Trinajstić information content (AvgIpc) is 3.28. The highest BCUT2D eigenvalue weighted by Gasteiger charge is 2.74. The summed E-state index contributed by atoms with van der Waals surface area (Å²) in [6.45, 7) is 7.40. The van der Waals surface area contributed by atoms with E-state index in [2.05, 4.69) is 13.5 Å². The second-order valence-corrected chi connectivity index (χ2v) is 21.3. The smallest absolute Gasteiger partial charge is 0.314 e. The molecule has 8 rings (SSSR count). The maximum Gasteiger partial charge on any atom is 0.314 e. The van der Waals surface area contributed by atoms with E-state index in [-0.39, 0.29) is 29.6 Å². The van der Waals surface area contributed by atoms with E-state index in [0.29, 0.717) is 50.5 Å². The van der Waals surface area contributed by atoms with Crippen molar-refractivity contribution in [3.63, 3.8) is 0 Å². The van der Waals surface area contributed by atoms with Crippen LogP contribution in [0.2, 0.25) is 0 Å². The van der Waals surface area contributed by atoms with Gasteiger partial charge in [0.25, 0.3) is 0 Å². The Balaban J connectivity index is 1.07. The van der Waals surface area contributed by atoms with Crippen molar-refractivity contribution in [2.45, 2.75) is 201 Å². The molecule has 0 amide bonds. The lowest BCUT2D eigenvalue weighted by Crippen LogP contribution is -2.72. The fourth-order valence-electron chi connectivity index (χ4n) is 13.9. The zero-order valence-corrected chi connectivity index (χ0v) is 38.1. The predicted octanol–water partition coefficient (Wildman–Crippen LogP) is -3.84. The topological polar surface area (TPSA) is 354 Å². The molecule has 22 heteroatoms. The molecule has 0 bridgehead atoms. The van der Waals surface area contributed by atoms with Crippen LogP contribution in [0.25, 0.3) is 0 Å². The van der Waals surface area contributed by atoms with Crippen LogP contribution in [0.1, 0.15) is 78.6 Å². The van der Waals surface area contributed by atoms with Crippen molar-refractivity contribution in [2.75, 3.05) is 26.4 Å². The van der Waals surface area contributed by atoms with Gasteiger partial charge in [-0.2, -0.15) is 0 Å². The minimum Gasteiger partial charge on any atom is -0.432 e. The Morgan fingerprint density at radius 2 is 1.18 bits per heavy atom. The Kier molecular flexibility index (Phi) is 15.0. The average molecular weight is 965 g/mol. The summed E-state index contributed by atoms with van der Waals surface area (Å²) in [5.41, 5.74) is -2.26. The van der Waals surface area contributed by atoms with Gasteiger partial charge >= 0.3 is 5.97 Å². The molecule has 4 saturated heterocycles. The van der Waals surface area contributed by atoms with Gasteiger partial charge < -0.3 is 104 Å². The van der Waals surface area contributed by atoms with Crippen molar-refractivity contribution < 1.29 is 109 Å². The number of hydrogen-bond donors (Lipinski definition) is 13. The van der Waals surface area contributed by atoms with E-state index in [4.69, 9.17) is 37.9 Å². The van der Waals surface area contributed by atoms with Crippen LogP contribution in [0.5, 0.6) is 0 Å². The Morgan fingerprint density at radius 1 is 0.627 bits per heavy atom. The molecule has 20 unspecified atom stereocenters. The Bertz CT molecular complexity index is 1760. The molecule has 67 heavy (non-hydrogen) atoms. The van der Waals surface area contributed by atoms with Crippen molar-refractivity contribution in [2.24, 2.45) is 34.0 Å². The minimum absolute atomic E-state index is 0.0284. The van der Waals surface area contributed by atoms with Crippen molar-refractivity contribution in [3.05, 3.63) is 12.2 Å². The van der Waals surface area contributed by atoms with Gasteiger partial charge in [0, 0.05) is 6.42 Å². The number of aliphatic hydroxyl groups excluding tert-OH is 13. The van der Waals surface area contributed by atoms with E-state index in [1.54, 1.807) is 0 Å². The van der Waals surface area contributed by atoms with E-state index in [1.165, 1.54) is 0 Å². The first-order chi connectivity index (χ1) is 31.6. The van der Waals surface area contributed by atoms with Crippen LogP contribution in [0.3, 0.4) is 0 Å². The molecular weight excluding hydrogens is 892 g/mol. The van der Waals surface area contributed by atoms with Crippen molar-refractivity contribution >= 4 is 5.97 Å². The molecule has 4 aliphatic heterocycles. The lowest BCUT2D eigenvalue weighted by atomic mass is 9.29. The number of hydrogen-bond acceptors (Lipinski definition) is 22. The summed E-state index contributed by atoms with van der Waals surface area (Å²) in [5, 5.41) is 137. The molecule has 26 atom stereocenters. The monoisotopic (exact) mass is 964 g/mol. The van der Waals surface area contributed by atoms with E-state index < -0.39 is 166 Å². The molecule has 384 valence electrons. The predicted molar refractivity (Wildman–Crippen MR) is 222 cm³/mol. The normalized spacial score (nSPS) is 54.3. The van der Waals surface area contributed by atoms with Crippen LogP contribution in [0, 0.1) is 34.0 Å². The highest BCUT2D eigenvalue weighted by atomic mass is 16.8. The van der Waals surface area contributed by atoms with E-state index >= 15 is 0 Å². The first kappa shape index (κ1) is 51.8. The highest BCUT2D eigenvalue weighted by molar-refractivity contribution is 5.77. The number of ether oxygens (including phenoxy) is 8. The maximum absolute atomic E-state index is 14.3. The summed E-state index contributed by atoms with van der Waals surface area (Å²) in [4.78, 5) is 14.3. The molecule has 8 fully saturated rings. The molecule has 4 saturated carbocycles. The number of esters is 1. The van der Waals surface area contributed by atoms with Crippen LogP contribution in [-0.2, 0) is 42.7 Å². The third kappa shape index (κ3) is 8.74. The maximum atomic E-state index is 14.3. The third-order valence-corrected chi connectivity index (χ3v) is 17.2. The van der Waals surface area contributed by atoms with E-state index in [0.717, 1.165) is 6.42 Å². The quantitative estimate of drug-likeness (QED) is 0.0478. The fourth-order valence-corrected chi connectivity index (χ4v) is 13.9. The van der Waals surface area contributed by atoms with Gasteiger partial charge in [0.15, 0.2) is 18.9 Å². The van der Waals surface area contributed by atoms with Gasteiger partial charge in [0.05, 0.1) is 43.5 Å². The third-order valence-electron chi connectivity index (χ3n) is 17.2. The van der Waals surface area contributed by atoms with Gasteiger partial charge in [-0.05, 0) is 93.0 Å². The van der Waals surface area contributed by atoms with Crippen LogP contribution >= 0.6 is 0 Å². The van der Waals surface area contributed by atoms with Gasteiger partial charge in [-0.3, -0.25) is 4.79 Å². The number of rotatable bonds is 13. The zero-order chi connectivity index (χ0) is 48.7. The van der Waals surface area contributed by atoms with Gasteiger partial charge in [-0.25, -0.2) is 0 Å². The molecule has 0 aromatic heterocycles. The number of aliphatic hydroxyl groups is 13. The summed E-state index contributed by atoms with van der Waals surface area (Å²) in [5.74, 6) is -0.596. The summed E-state index contributed by atoms with van der Waals surface area (Å²) in [7, 11) is 0. The van der Waals surface area contributed by atoms with Crippen molar-refractivity contribution in [3.8, 4) is 0 Å². The fraction of sp³-hybridized carbons (Fsp3) is 0.933. The molecule has 1 spiro atoms. The second kappa shape index (κ2) is 19.4. The molecule has 4 aliphatic carbocycles. The first-order valence-corrected chi connectivity index (χ1v) is 23.7. The minimum atomic E-state index is -1.92. The molecule has 4 heterocycles. The lowest BCUT2D eigenvalue weighted by molar-refractivity contribution is -0.400. The molecule has 0 radical (unpaired) electrons. The van der Waals surface area contributed by atoms with E-state index in [9.17, 15) is 71.2 Å².